The average molecular weight is 261 g/mol. The molecule has 0 aliphatic heterocycles. The average Bonchev–Trinajstić information content (AvgIpc) is 2.38. The number of aliphatic carboxylic acids is 2. The lowest BCUT2D eigenvalue weighted by Gasteiger charge is -2.03. The van der Waals surface area contributed by atoms with E-state index in [0.29, 0.717) is 0 Å². The lowest BCUT2D eigenvalue weighted by atomic mass is 10.1. The van der Waals surface area contributed by atoms with Gasteiger partial charge in [-0.2, -0.15) is 0 Å². The van der Waals surface area contributed by atoms with Gasteiger partial charge in [-0.15, -0.1) is 0 Å². The predicted molar refractivity (Wildman–Crippen MR) is 72.3 cm³/mol. The molecule has 1 atom stereocenters. The van der Waals surface area contributed by atoms with E-state index in [2.05, 4.69) is 4.99 Å². The molecule has 5 heteroatoms. The maximum Gasteiger partial charge on any atom is 0.328 e. The monoisotopic (exact) mass is 261 g/mol. The summed E-state index contributed by atoms with van der Waals surface area (Å²) in [6.45, 7) is 0. The van der Waals surface area contributed by atoms with Crippen LogP contribution in [-0.4, -0.2) is 34.4 Å². The molecule has 100 valence electrons. The molecule has 19 heavy (non-hydrogen) atoms. The normalized spacial score (nSPS) is 12.8. The molecule has 0 saturated heterocycles. The van der Waals surface area contributed by atoms with Crippen LogP contribution in [0.25, 0.3) is 6.08 Å². The van der Waals surface area contributed by atoms with Crippen molar-refractivity contribution in [2.24, 2.45) is 4.99 Å². The van der Waals surface area contributed by atoms with Crippen LogP contribution in [0.5, 0.6) is 0 Å². The van der Waals surface area contributed by atoms with E-state index in [0.717, 1.165) is 5.56 Å². The molecule has 0 aliphatic rings. The van der Waals surface area contributed by atoms with Crippen molar-refractivity contribution in [1.29, 1.82) is 0 Å². The topological polar surface area (TPSA) is 87.0 Å². The number of allylic oxidation sites excluding steroid dienone is 1. The SMILES string of the molecule is O=C(O)CC[C@H](N=C/C=C/c1ccccc1)C(=O)O. The van der Waals surface area contributed by atoms with E-state index in [-0.39, 0.29) is 12.8 Å². The van der Waals surface area contributed by atoms with Crippen LogP contribution in [0.3, 0.4) is 0 Å². The van der Waals surface area contributed by atoms with Crippen molar-refractivity contribution in [1.82, 2.24) is 0 Å². The Kier molecular flexibility index (Phi) is 6.02. The fourth-order valence-corrected chi connectivity index (χ4v) is 1.39. The molecule has 0 heterocycles. The molecule has 0 amide bonds. The van der Waals surface area contributed by atoms with Crippen LogP contribution in [0.1, 0.15) is 18.4 Å². The number of carboxylic acids is 2. The standard InChI is InChI=1S/C14H15NO4/c16-13(17)9-8-12(14(18)19)15-10-4-7-11-5-2-1-3-6-11/h1-7,10,12H,8-9H2,(H,16,17)(H,18,19)/b7-4+,15-10?/t12-/m0/s1. The molecule has 5 nitrogen and oxygen atoms in total. The number of rotatable bonds is 7. The Morgan fingerprint density at radius 2 is 1.89 bits per heavy atom. The van der Waals surface area contributed by atoms with Crippen molar-refractivity contribution < 1.29 is 19.8 Å². The van der Waals surface area contributed by atoms with Crippen molar-refractivity contribution >= 4 is 24.2 Å². The summed E-state index contributed by atoms with van der Waals surface area (Å²) in [4.78, 5) is 25.1. The quantitative estimate of drug-likeness (QED) is 0.736. The molecule has 1 rings (SSSR count). The summed E-state index contributed by atoms with van der Waals surface area (Å²) in [5.74, 6) is -2.15. The summed E-state index contributed by atoms with van der Waals surface area (Å²) in [7, 11) is 0. The smallest absolute Gasteiger partial charge is 0.328 e. The summed E-state index contributed by atoms with van der Waals surface area (Å²) in [5, 5.41) is 17.4. The van der Waals surface area contributed by atoms with Crippen molar-refractivity contribution in [2.75, 3.05) is 0 Å². The molecule has 2 N–H and O–H groups in total. The number of carbonyl (C=O) groups is 2. The van der Waals surface area contributed by atoms with E-state index >= 15 is 0 Å². The largest absolute Gasteiger partial charge is 0.481 e. The van der Waals surface area contributed by atoms with Gasteiger partial charge in [0, 0.05) is 12.6 Å². The second-order valence-electron chi connectivity index (χ2n) is 3.85. The molecule has 1 aromatic carbocycles. The number of benzene rings is 1. The first-order chi connectivity index (χ1) is 9.09. The van der Waals surface area contributed by atoms with Gasteiger partial charge in [0.25, 0.3) is 0 Å². The van der Waals surface area contributed by atoms with Crippen LogP contribution in [0.15, 0.2) is 41.4 Å². The lowest BCUT2D eigenvalue weighted by molar-refractivity contribution is -0.139. The van der Waals surface area contributed by atoms with Gasteiger partial charge in [0.15, 0.2) is 0 Å². The zero-order chi connectivity index (χ0) is 14.1. The molecule has 0 radical (unpaired) electrons. The zero-order valence-corrected chi connectivity index (χ0v) is 10.3. The summed E-state index contributed by atoms with van der Waals surface area (Å²) in [6.07, 6.45) is 4.58. The molecule has 0 fully saturated rings. The zero-order valence-electron chi connectivity index (χ0n) is 10.3. The number of hydrogen-bond donors (Lipinski definition) is 2. The minimum Gasteiger partial charge on any atom is -0.481 e. The summed E-state index contributed by atoms with van der Waals surface area (Å²) < 4.78 is 0. The second kappa shape index (κ2) is 7.81. The van der Waals surface area contributed by atoms with Crippen LogP contribution in [0.4, 0.5) is 0 Å². The number of aliphatic imine (C=N–C) groups is 1. The van der Waals surface area contributed by atoms with Crippen LogP contribution >= 0.6 is 0 Å². The van der Waals surface area contributed by atoms with Crippen molar-refractivity contribution in [2.45, 2.75) is 18.9 Å². The molecule has 0 spiro atoms. The van der Waals surface area contributed by atoms with Gasteiger partial charge in [-0.25, -0.2) is 4.79 Å². The van der Waals surface area contributed by atoms with Crippen LogP contribution < -0.4 is 0 Å². The van der Waals surface area contributed by atoms with E-state index in [1.54, 1.807) is 12.2 Å². The number of nitrogens with zero attached hydrogens (tertiary/aromatic N) is 1. The second-order valence-corrected chi connectivity index (χ2v) is 3.85. The minimum absolute atomic E-state index is 0.0135. The molecular weight excluding hydrogens is 246 g/mol. The first kappa shape index (κ1) is 14.6. The Morgan fingerprint density at radius 3 is 2.47 bits per heavy atom. The Hall–Kier alpha value is -2.43. The Balaban J connectivity index is 2.54. The maximum atomic E-state index is 10.8. The maximum absolute atomic E-state index is 10.8. The van der Waals surface area contributed by atoms with E-state index in [1.165, 1.54) is 6.21 Å². The van der Waals surface area contributed by atoms with E-state index in [4.69, 9.17) is 10.2 Å². The molecule has 0 bridgehead atoms. The van der Waals surface area contributed by atoms with Crippen molar-refractivity contribution in [3.05, 3.63) is 42.0 Å². The lowest BCUT2D eigenvalue weighted by Crippen LogP contribution is -2.19. The Morgan fingerprint density at radius 1 is 1.21 bits per heavy atom. The summed E-state index contributed by atoms with van der Waals surface area (Å²) >= 11 is 0. The first-order valence-corrected chi connectivity index (χ1v) is 5.79. The Bertz CT molecular complexity index is 479. The summed E-state index contributed by atoms with van der Waals surface area (Å²) in [6, 6.07) is 8.48. The number of hydrogen-bond acceptors (Lipinski definition) is 3. The van der Waals surface area contributed by atoms with E-state index in [1.807, 2.05) is 30.3 Å². The van der Waals surface area contributed by atoms with Gasteiger partial charge in [0.2, 0.25) is 0 Å². The van der Waals surface area contributed by atoms with Gasteiger partial charge in [0.05, 0.1) is 0 Å². The molecule has 0 aliphatic carbocycles. The highest BCUT2D eigenvalue weighted by Gasteiger charge is 2.16. The molecule has 0 saturated carbocycles. The third-order valence-corrected chi connectivity index (χ3v) is 2.36. The highest BCUT2D eigenvalue weighted by Crippen LogP contribution is 2.03. The van der Waals surface area contributed by atoms with Crippen LogP contribution in [-0.2, 0) is 9.59 Å². The minimum atomic E-state index is -1.12. The van der Waals surface area contributed by atoms with Gasteiger partial charge in [-0.05, 0) is 18.1 Å². The third-order valence-electron chi connectivity index (χ3n) is 2.36. The fraction of sp³-hybridized carbons (Fsp3) is 0.214. The van der Waals surface area contributed by atoms with Gasteiger partial charge >= 0.3 is 11.9 Å². The summed E-state index contributed by atoms with van der Waals surface area (Å²) in [5.41, 5.74) is 0.978. The van der Waals surface area contributed by atoms with Crippen molar-refractivity contribution in [3.63, 3.8) is 0 Å². The van der Waals surface area contributed by atoms with Crippen molar-refractivity contribution in [3.8, 4) is 0 Å². The van der Waals surface area contributed by atoms with Gasteiger partial charge in [0.1, 0.15) is 6.04 Å². The molecule has 0 aromatic heterocycles. The molecule has 1 aromatic rings. The van der Waals surface area contributed by atoms with Crippen LogP contribution in [0, 0.1) is 0 Å². The van der Waals surface area contributed by atoms with E-state index < -0.39 is 18.0 Å². The highest BCUT2D eigenvalue weighted by molar-refractivity contribution is 5.82. The van der Waals surface area contributed by atoms with Gasteiger partial charge < -0.3 is 10.2 Å². The third kappa shape index (κ3) is 6.16. The van der Waals surface area contributed by atoms with Crippen LogP contribution in [0.2, 0.25) is 0 Å². The van der Waals surface area contributed by atoms with Gasteiger partial charge in [-0.1, -0.05) is 36.4 Å². The first-order valence-electron chi connectivity index (χ1n) is 5.79. The molecule has 0 unspecified atom stereocenters. The van der Waals surface area contributed by atoms with Gasteiger partial charge in [-0.3, -0.25) is 9.79 Å². The number of carboxylic acid groups (broad SMARTS) is 2. The fourth-order valence-electron chi connectivity index (χ4n) is 1.39. The van der Waals surface area contributed by atoms with E-state index in [9.17, 15) is 9.59 Å². The predicted octanol–water partition coefficient (Wildman–Crippen LogP) is 2.09. The Labute approximate surface area is 110 Å². The molecular formula is C14H15NO4. The highest BCUT2D eigenvalue weighted by atomic mass is 16.4.